The van der Waals surface area contributed by atoms with Crippen LogP contribution in [0.3, 0.4) is 0 Å². The molecule has 0 spiro atoms. The van der Waals surface area contributed by atoms with Crippen LogP contribution >= 0.6 is 15.9 Å². The van der Waals surface area contributed by atoms with Crippen molar-refractivity contribution in [1.82, 2.24) is 0 Å². The fraction of sp³-hybridized carbons (Fsp3) is 0. The molecule has 0 saturated heterocycles. The molecular weight excluding hydrogens is 360 g/mol. The summed E-state index contributed by atoms with van der Waals surface area (Å²) >= 11 is 3.51. The number of rotatable bonds is 1. The van der Waals surface area contributed by atoms with E-state index in [4.69, 9.17) is 4.74 Å². The van der Waals surface area contributed by atoms with Crippen molar-refractivity contribution < 1.29 is 4.74 Å². The first-order valence-electron chi connectivity index (χ1n) is 7.90. The third kappa shape index (κ3) is 2.00. The van der Waals surface area contributed by atoms with Crippen LogP contribution in [0.4, 0.5) is 0 Å². The van der Waals surface area contributed by atoms with E-state index in [-0.39, 0.29) is 0 Å². The quantitative estimate of drug-likeness (QED) is 0.306. The van der Waals surface area contributed by atoms with E-state index in [2.05, 4.69) is 82.7 Å². The monoisotopic (exact) mass is 372 g/mol. The van der Waals surface area contributed by atoms with Gasteiger partial charge in [0.1, 0.15) is 11.5 Å². The lowest BCUT2D eigenvalue weighted by Gasteiger charge is -2.22. The van der Waals surface area contributed by atoms with Crippen LogP contribution in [-0.4, -0.2) is 0 Å². The number of fused-ring (bicyclic) bond motifs is 2. The Labute approximate surface area is 148 Å². The molecule has 0 amide bonds. The predicted molar refractivity (Wildman–Crippen MR) is 103 cm³/mol. The number of halogens is 1. The van der Waals surface area contributed by atoms with Crippen LogP contribution in [0.2, 0.25) is 0 Å². The lowest BCUT2D eigenvalue weighted by Crippen LogP contribution is -1.97. The molecule has 1 heterocycles. The number of ether oxygens (including phenoxy) is 1. The number of hydrogen-bond donors (Lipinski definition) is 0. The second-order valence-corrected chi connectivity index (χ2v) is 6.86. The fourth-order valence-corrected chi connectivity index (χ4v) is 3.73. The summed E-state index contributed by atoms with van der Waals surface area (Å²) in [4.78, 5) is 0. The molecule has 4 aromatic rings. The Morgan fingerprint density at radius 1 is 0.583 bits per heavy atom. The summed E-state index contributed by atoms with van der Waals surface area (Å²) in [6.45, 7) is 0. The van der Waals surface area contributed by atoms with Crippen molar-refractivity contribution >= 4 is 26.7 Å². The third-order valence-corrected chi connectivity index (χ3v) is 5.08. The second kappa shape index (κ2) is 5.22. The zero-order chi connectivity index (χ0) is 16.1. The molecular formula is C22H13BrO. The zero-order valence-corrected chi connectivity index (χ0v) is 14.4. The SMILES string of the molecule is Brc1ccc(-c2ccc3c4c(cccc24)-c2ccccc2O3)cc1. The first-order chi connectivity index (χ1) is 11.8. The van der Waals surface area contributed by atoms with Gasteiger partial charge in [-0.2, -0.15) is 0 Å². The summed E-state index contributed by atoms with van der Waals surface area (Å²) in [6, 6.07) is 27.4. The molecule has 0 atom stereocenters. The topological polar surface area (TPSA) is 9.23 Å². The van der Waals surface area contributed by atoms with Crippen LogP contribution in [0.1, 0.15) is 0 Å². The summed E-state index contributed by atoms with van der Waals surface area (Å²) in [6.07, 6.45) is 0. The fourth-order valence-electron chi connectivity index (χ4n) is 3.46. The molecule has 2 heteroatoms. The average Bonchev–Trinajstić information content (AvgIpc) is 2.63. The van der Waals surface area contributed by atoms with Crippen LogP contribution in [0.15, 0.2) is 83.3 Å². The van der Waals surface area contributed by atoms with Gasteiger partial charge in [-0.15, -0.1) is 0 Å². The van der Waals surface area contributed by atoms with Crippen molar-refractivity contribution in [3.8, 4) is 33.8 Å². The Kier molecular flexibility index (Phi) is 3.00. The third-order valence-electron chi connectivity index (χ3n) is 4.55. The minimum atomic E-state index is 0.925. The van der Waals surface area contributed by atoms with Gasteiger partial charge >= 0.3 is 0 Å². The summed E-state index contributed by atoms with van der Waals surface area (Å²) in [7, 11) is 0. The smallest absolute Gasteiger partial charge is 0.135 e. The van der Waals surface area contributed by atoms with Crippen molar-refractivity contribution in [3.63, 3.8) is 0 Å². The Bertz CT molecular complexity index is 1080. The molecule has 1 nitrogen and oxygen atoms in total. The van der Waals surface area contributed by atoms with Gasteiger partial charge in [0.2, 0.25) is 0 Å². The van der Waals surface area contributed by atoms with Crippen molar-refractivity contribution in [3.05, 3.63) is 83.3 Å². The molecule has 0 saturated carbocycles. The van der Waals surface area contributed by atoms with E-state index >= 15 is 0 Å². The predicted octanol–water partition coefficient (Wildman–Crippen LogP) is 7.04. The molecule has 0 N–H and O–H groups in total. The summed E-state index contributed by atoms with van der Waals surface area (Å²) in [5.74, 6) is 1.86. The van der Waals surface area contributed by atoms with Gasteiger partial charge in [-0.25, -0.2) is 0 Å². The van der Waals surface area contributed by atoms with Crippen LogP contribution in [-0.2, 0) is 0 Å². The lowest BCUT2D eigenvalue weighted by atomic mass is 9.90. The van der Waals surface area contributed by atoms with E-state index in [1.165, 1.54) is 27.5 Å². The van der Waals surface area contributed by atoms with E-state index < -0.39 is 0 Å². The summed E-state index contributed by atoms with van der Waals surface area (Å²) in [5, 5.41) is 2.42. The van der Waals surface area contributed by atoms with Gasteiger partial charge in [-0.3, -0.25) is 0 Å². The highest BCUT2D eigenvalue weighted by molar-refractivity contribution is 9.10. The van der Waals surface area contributed by atoms with E-state index in [1.807, 2.05) is 12.1 Å². The maximum absolute atomic E-state index is 6.15. The highest BCUT2D eigenvalue weighted by Crippen LogP contribution is 2.48. The Morgan fingerprint density at radius 3 is 2.25 bits per heavy atom. The molecule has 0 aliphatic carbocycles. The van der Waals surface area contributed by atoms with Gasteiger partial charge in [0, 0.05) is 15.4 Å². The van der Waals surface area contributed by atoms with Crippen molar-refractivity contribution in [2.45, 2.75) is 0 Å². The standard InChI is InChI=1S/C22H13BrO/c23-15-10-8-14(9-11-15)16-12-13-21-22-18(16)5-3-6-19(22)17-4-1-2-7-20(17)24-21/h1-13H. The molecule has 24 heavy (non-hydrogen) atoms. The first kappa shape index (κ1) is 13.8. The first-order valence-corrected chi connectivity index (χ1v) is 8.69. The molecule has 0 radical (unpaired) electrons. The Balaban J connectivity index is 1.84. The molecule has 0 aromatic heterocycles. The normalized spacial score (nSPS) is 11.9. The van der Waals surface area contributed by atoms with Gasteiger partial charge in [-0.1, -0.05) is 70.5 Å². The largest absolute Gasteiger partial charge is 0.456 e. The Morgan fingerprint density at radius 2 is 1.38 bits per heavy atom. The average molecular weight is 373 g/mol. The highest BCUT2D eigenvalue weighted by Gasteiger charge is 2.20. The van der Waals surface area contributed by atoms with Crippen molar-refractivity contribution in [1.29, 1.82) is 0 Å². The number of hydrogen-bond acceptors (Lipinski definition) is 1. The van der Waals surface area contributed by atoms with Crippen LogP contribution < -0.4 is 4.74 Å². The van der Waals surface area contributed by atoms with E-state index in [1.54, 1.807) is 0 Å². The van der Waals surface area contributed by atoms with Crippen molar-refractivity contribution in [2.75, 3.05) is 0 Å². The zero-order valence-electron chi connectivity index (χ0n) is 12.8. The highest BCUT2D eigenvalue weighted by atomic mass is 79.9. The maximum atomic E-state index is 6.15. The molecule has 1 aliphatic heterocycles. The minimum Gasteiger partial charge on any atom is -0.456 e. The molecule has 4 aromatic carbocycles. The van der Waals surface area contributed by atoms with Gasteiger partial charge in [-0.05, 0) is 46.3 Å². The molecule has 0 bridgehead atoms. The van der Waals surface area contributed by atoms with E-state index in [0.717, 1.165) is 21.5 Å². The molecule has 1 aliphatic rings. The van der Waals surface area contributed by atoms with E-state index in [9.17, 15) is 0 Å². The summed E-state index contributed by atoms with van der Waals surface area (Å²) < 4.78 is 7.24. The van der Waals surface area contributed by atoms with Crippen LogP contribution in [0.5, 0.6) is 11.5 Å². The van der Waals surface area contributed by atoms with Crippen LogP contribution in [0, 0.1) is 0 Å². The molecule has 5 rings (SSSR count). The van der Waals surface area contributed by atoms with Gasteiger partial charge in [0.05, 0.1) is 0 Å². The van der Waals surface area contributed by atoms with Gasteiger partial charge in [0.15, 0.2) is 0 Å². The van der Waals surface area contributed by atoms with Gasteiger partial charge < -0.3 is 4.74 Å². The lowest BCUT2D eigenvalue weighted by molar-refractivity contribution is 0.487. The maximum Gasteiger partial charge on any atom is 0.135 e. The number of para-hydroxylation sites is 1. The minimum absolute atomic E-state index is 0.925. The Hall–Kier alpha value is -2.58. The summed E-state index contributed by atoms with van der Waals surface area (Å²) in [5.41, 5.74) is 4.83. The molecule has 0 fully saturated rings. The number of benzene rings is 4. The van der Waals surface area contributed by atoms with E-state index in [0.29, 0.717) is 0 Å². The molecule has 0 unspecified atom stereocenters. The van der Waals surface area contributed by atoms with Gasteiger partial charge in [0.25, 0.3) is 0 Å². The van der Waals surface area contributed by atoms with Crippen LogP contribution in [0.25, 0.3) is 33.0 Å². The molecule has 114 valence electrons. The van der Waals surface area contributed by atoms with Crippen molar-refractivity contribution in [2.24, 2.45) is 0 Å². The second-order valence-electron chi connectivity index (χ2n) is 5.94.